The lowest BCUT2D eigenvalue weighted by atomic mass is 9.99. The third-order valence-corrected chi connectivity index (χ3v) is 4.74. The number of rotatable bonds is 4. The Kier molecular flexibility index (Phi) is 5.34. The molecule has 1 amide bonds. The quantitative estimate of drug-likeness (QED) is 0.713. The molecule has 0 bridgehead atoms. The molecule has 2 aromatic carbocycles. The molecule has 134 valence electrons. The summed E-state index contributed by atoms with van der Waals surface area (Å²) in [5.74, 6) is -2.01. The number of benzene rings is 2. The number of halogens is 2. The van der Waals surface area contributed by atoms with Crippen LogP contribution in [0.25, 0.3) is 0 Å². The van der Waals surface area contributed by atoms with E-state index in [4.69, 9.17) is 16.3 Å². The molecule has 2 aromatic rings. The first-order valence-electron chi connectivity index (χ1n) is 7.89. The Morgan fingerprint density at radius 1 is 1.27 bits per heavy atom. The van der Waals surface area contributed by atoms with Crippen LogP contribution in [-0.2, 0) is 14.3 Å². The lowest BCUT2D eigenvalue weighted by Gasteiger charge is -2.26. The van der Waals surface area contributed by atoms with E-state index in [9.17, 15) is 14.7 Å². The van der Waals surface area contributed by atoms with E-state index in [2.05, 4.69) is 15.9 Å². The zero-order chi connectivity index (χ0) is 18.8. The lowest BCUT2D eigenvalue weighted by molar-refractivity contribution is -0.139. The molecule has 1 unspecified atom stereocenters. The zero-order valence-corrected chi connectivity index (χ0v) is 16.1. The van der Waals surface area contributed by atoms with Gasteiger partial charge < -0.3 is 9.84 Å². The fourth-order valence-electron chi connectivity index (χ4n) is 2.88. The van der Waals surface area contributed by atoms with Gasteiger partial charge in [-0.2, -0.15) is 0 Å². The van der Waals surface area contributed by atoms with Gasteiger partial charge in [0.15, 0.2) is 5.76 Å². The zero-order valence-electron chi connectivity index (χ0n) is 13.8. The van der Waals surface area contributed by atoms with Gasteiger partial charge in [0, 0.05) is 15.2 Å². The number of nitrogens with zero attached hydrogens (tertiary/aromatic N) is 1. The van der Waals surface area contributed by atoms with E-state index < -0.39 is 23.7 Å². The largest absolute Gasteiger partial charge is 0.503 e. The maximum Gasteiger partial charge on any atom is 0.340 e. The Labute approximate surface area is 164 Å². The second kappa shape index (κ2) is 7.51. The summed E-state index contributed by atoms with van der Waals surface area (Å²) in [5.41, 5.74) is 1.04. The standard InChI is InChI=1S/C19H15BrClNO4/c1-2-26-19(25)15-16(11-4-3-5-13(21)10-11)22(18(24)17(15)23)14-8-6-12(20)7-9-14/h3-10,16,23H,2H2,1H3. The van der Waals surface area contributed by atoms with Crippen LogP contribution in [0.15, 0.2) is 64.3 Å². The summed E-state index contributed by atoms with van der Waals surface area (Å²) >= 11 is 9.45. The van der Waals surface area contributed by atoms with E-state index in [-0.39, 0.29) is 12.2 Å². The van der Waals surface area contributed by atoms with Gasteiger partial charge in [0.05, 0.1) is 12.6 Å². The molecule has 0 saturated carbocycles. The minimum Gasteiger partial charge on any atom is -0.503 e. The molecule has 5 nitrogen and oxygen atoms in total. The van der Waals surface area contributed by atoms with Crippen LogP contribution in [0.5, 0.6) is 0 Å². The van der Waals surface area contributed by atoms with Crippen molar-refractivity contribution in [1.82, 2.24) is 0 Å². The third-order valence-electron chi connectivity index (χ3n) is 3.97. The molecule has 3 rings (SSSR count). The molecule has 0 saturated heterocycles. The van der Waals surface area contributed by atoms with Gasteiger partial charge >= 0.3 is 5.97 Å². The first-order chi connectivity index (χ1) is 12.4. The molecule has 1 atom stereocenters. The van der Waals surface area contributed by atoms with Crippen molar-refractivity contribution in [2.45, 2.75) is 13.0 Å². The van der Waals surface area contributed by atoms with Gasteiger partial charge in [-0.15, -0.1) is 0 Å². The maximum absolute atomic E-state index is 12.7. The number of esters is 1. The van der Waals surface area contributed by atoms with Crippen molar-refractivity contribution < 1.29 is 19.4 Å². The molecule has 26 heavy (non-hydrogen) atoms. The van der Waals surface area contributed by atoms with Crippen LogP contribution in [-0.4, -0.2) is 23.6 Å². The van der Waals surface area contributed by atoms with E-state index >= 15 is 0 Å². The van der Waals surface area contributed by atoms with Crippen molar-refractivity contribution in [2.75, 3.05) is 11.5 Å². The minimum atomic E-state index is -0.832. The summed E-state index contributed by atoms with van der Waals surface area (Å²) in [6.07, 6.45) is 0. The van der Waals surface area contributed by atoms with Crippen LogP contribution in [0.1, 0.15) is 18.5 Å². The molecule has 1 aliphatic rings. The molecule has 1 aliphatic heterocycles. The van der Waals surface area contributed by atoms with Crippen LogP contribution < -0.4 is 4.90 Å². The highest BCUT2D eigenvalue weighted by Crippen LogP contribution is 2.41. The van der Waals surface area contributed by atoms with Crippen LogP contribution in [0.4, 0.5) is 5.69 Å². The summed E-state index contributed by atoms with van der Waals surface area (Å²) in [5, 5.41) is 10.8. The van der Waals surface area contributed by atoms with Gasteiger partial charge in [-0.3, -0.25) is 9.69 Å². The molecular weight excluding hydrogens is 422 g/mol. The second-order valence-corrected chi connectivity index (χ2v) is 6.94. The Balaban J connectivity index is 2.16. The number of anilines is 1. The SMILES string of the molecule is CCOC(=O)C1=C(O)C(=O)N(c2ccc(Br)cc2)C1c1cccc(Cl)c1. The molecule has 0 radical (unpaired) electrons. The average Bonchev–Trinajstić information content (AvgIpc) is 2.88. The molecular formula is C19H15BrClNO4. The van der Waals surface area contributed by atoms with Gasteiger partial charge in [-0.25, -0.2) is 4.79 Å². The molecule has 0 fully saturated rings. The molecule has 0 aliphatic carbocycles. The van der Waals surface area contributed by atoms with Crippen molar-refractivity contribution in [3.05, 3.63) is 74.9 Å². The average molecular weight is 437 g/mol. The normalized spacial score (nSPS) is 17.0. The topological polar surface area (TPSA) is 66.8 Å². The van der Waals surface area contributed by atoms with Crippen molar-refractivity contribution in [3.8, 4) is 0 Å². The second-order valence-electron chi connectivity index (χ2n) is 5.59. The first-order valence-corrected chi connectivity index (χ1v) is 9.06. The summed E-state index contributed by atoms with van der Waals surface area (Å²) < 4.78 is 5.90. The van der Waals surface area contributed by atoms with E-state index in [0.717, 1.165) is 4.47 Å². The van der Waals surface area contributed by atoms with Gasteiger partial charge in [-0.05, 0) is 48.9 Å². The van der Waals surface area contributed by atoms with E-state index in [0.29, 0.717) is 16.3 Å². The third kappa shape index (κ3) is 3.34. The summed E-state index contributed by atoms with van der Waals surface area (Å²) in [7, 11) is 0. The number of carbonyl (C=O) groups excluding carboxylic acids is 2. The molecule has 1 heterocycles. The Hall–Kier alpha value is -2.31. The fourth-order valence-corrected chi connectivity index (χ4v) is 3.35. The van der Waals surface area contributed by atoms with Gasteiger partial charge in [0.1, 0.15) is 5.57 Å². The van der Waals surface area contributed by atoms with Crippen LogP contribution in [0.3, 0.4) is 0 Å². The van der Waals surface area contributed by atoms with E-state index in [1.54, 1.807) is 55.5 Å². The van der Waals surface area contributed by atoms with Gasteiger partial charge in [0.25, 0.3) is 5.91 Å². The molecule has 1 N–H and O–H groups in total. The van der Waals surface area contributed by atoms with Crippen molar-refractivity contribution in [2.24, 2.45) is 0 Å². The highest BCUT2D eigenvalue weighted by Gasteiger charge is 2.45. The monoisotopic (exact) mass is 435 g/mol. The molecule has 0 spiro atoms. The summed E-state index contributed by atoms with van der Waals surface area (Å²) in [6, 6.07) is 13.0. The van der Waals surface area contributed by atoms with Crippen LogP contribution >= 0.6 is 27.5 Å². The van der Waals surface area contributed by atoms with Crippen molar-refractivity contribution >= 4 is 45.1 Å². The fraction of sp³-hybridized carbons (Fsp3) is 0.158. The minimum absolute atomic E-state index is 0.0953. The number of hydrogen-bond donors (Lipinski definition) is 1. The van der Waals surface area contributed by atoms with Crippen molar-refractivity contribution in [3.63, 3.8) is 0 Å². The van der Waals surface area contributed by atoms with Crippen LogP contribution in [0, 0.1) is 0 Å². The number of aliphatic hydroxyl groups is 1. The number of ether oxygens (including phenoxy) is 1. The highest BCUT2D eigenvalue weighted by atomic mass is 79.9. The Morgan fingerprint density at radius 2 is 1.96 bits per heavy atom. The van der Waals surface area contributed by atoms with Crippen LogP contribution in [0.2, 0.25) is 5.02 Å². The summed E-state index contributed by atoms with van der Waals surface area (Å²) in [4.78, 5) is 26.5. The predicted octanol–water partition coefficient (Wildman–Crippen LogP) is 4.57. The Bertz CT molecular complexity index is 895. The van der Waals surface area contributed by atoms with Gasteiger partial charge in [0.2, 0.25) is 0 Å². The smallest absolute Gasteiger partial charge is 0.340 e. The van der Waals surface area contributed by atoms with E-state index in [1.807, 2.05) is 0 Å². The number of amides is 1. The molecule has 7 heteroatoms. The number of hydrogen-bond acceptors (Lipinski definition) is 4. The highest BCUT2D eigenvalue weighted by molar-refractivity contribution is 9.10. The lowest BCUT2D eigenvalue weighted by Crippen LogP contribution is -2.31. The Morgan fingerprint density at radius 3 is 2.58 bits per heavy atom. The van der Waals surface area contributed by atoms with Gasteiger partial charge in [-0.1, -0.05) is 39.7 Å². The van der Waals surface area contributed by atoms with E-state index in [1.165, 1.54) is 4.90 Å². The number of carbonyl (C=O) groups is 2. The summed E-state index contributed by atoms with van der Waals surface area (Å²) in [6.45, 7) is 1.79. The maximum atomic E-state index is 12.7. The predicted molar refractivity (Wildman–Crippen MR) is 102 cm³/mol. The number of aliphatic hydroxyl groups excluding tert-OH is 1. The molecule has 0 aromatic heterocycles. The first kappa shape index (κ1) is 18.5. The van der Waals surface area contributed by atoms with Crippen molar-refractivity contribution in [1.29, 1.82) is 0 Å².